The third-order valence-corrected chi connectivity index (χ3v) is 3.92. The molecule has 96 valence electrons. The summed E-state index contributed by atoms with van der Waals surface area (Å²) in [5, 5.41) is 3.15. The Morgan fingerprint density at radius 2 is 2.11 bits per heavy atom. The second-order valence-corrected chi connectivity index (χ2v) is 5.54. The lowest BCUT2D eigenvalue weighted by Crippen LogP contribution is -2.29. The van der Waals surface area contributed by atoms with E-state index in [1.54, 1.807) is 11.3 Å². The summed E-state index contributed by atoms with van der Waals surface area (Å²) in [6.45, 7) is 6.53. The highest BCUT2D eigenvalue weighted by Gasteiger charge is 2.25. The van der Waals surface area contributed by atoms with Crippen molar-refractivity contribution < 1.29 is 9.53 Å². The second-order valence-electron chi connectivity index (χ2n) is 4.63. The van der Waals surface area contributed by atoms with Gasteiger partial charge in [0, 0.05) is 16.9 Å². The molecule has 0 saturated carbocycles. The number of hydrogen-bond acceptors (Lipinski definition) is 3. The van der Waals surface area contributed by atoms with Gasteiger partial charge in [0.15, 0.2) is 5.78 Å². The highest BCUT2D eigenvalue weighted by molar-refractivity contribution is 7.17. The van der Waals surface area contributed by atoms with Gasteiger partial charge >= 0.3 is 0 Å². The number of hydrogen-bond donors (Lipinski definition) is 0. The summed E-state index contributed by atoms with van der Waals surface area (Å²) in [5.74, 6) is 0.285. The van der Waals surface area contributed by atoms with Crippen LogP contribution in [0.1, 0.15) is 31.1 Å². The van der Waals surface area contributed by atoms with Gasteiger partial charge in [-0.3, -0.25) is 4.79 Å². The molecule has 18 heavy (non-hydrogen) atoms. The fraction of sp³-hybridized carbons (Fsp3) is 0.400. The van der Waals surface area contributed by atoms with Crippen molar-refractivity contribution in [2.24, 2.45) is 5.92 Å². The van der Waals surface area contributed by atoms with E-state index in [1.165, 1.54) is 0 Å². The maximum Gasteiger partial charge on any atom is 0.193 e. The van der Waals surface area contributed by atoms with Crippen molar-refractivity contribution in [3.8, 4) is 0 Å². The fourth-order valence-electron chi connectivity index (χ4n) is 2.09. The monoisotopic (exact) mass is 262 g/mol. The van der Waals surface area contributed by atoms with Gasteiger partial charge in [0.25, 0.3) is 0 Å². The Hall–Kier alpha value is -1.19. The number of Topliss-reactive ketones (excluding diaryl/α,β-unsaturated/α-hetero) is 1. The smallest absolute Gasteiger partial charge is 0.193 e. The molecule has 2 nitrogen and oxygen atoms in total. The summed E-state index contributed by atoms with van der Waals surface area (Å²) < 4.78 is 6.66. The minimum absolute atomic E-state index is 0.0971. The summed E-state index contributed by atoms with van der Waals surface area (Å²) in [6.07, 6.45) is -0.345. The lowest BCUT2D eigenvalue weighted by atomic mass is 9.97. The van der Waals surface area contributed by atoms with Gasteiger partial charge in [-0.25, -0.2) is 0 Å². The molecule has 0 amide bonds. The summed E-state index contributed by atoms with van der Waals surface area (Å²) >= 11 is 1.61. The number of fused-ring (bicyclic) bond motifs is 1. The number of thiophene rings is 1. The largest absolute Gasteiger partial charge is 0.370 e. The maximum absolute atomic E-state index is 12.6. The highest BCUT2D eigenvalue weighted by Crippen LogP contribution is 2.27. The Bertz CT molecular complexity index is 542. The van der Waals surface area contributed by atoms with Crippen LogP contribution in [0.25, 0.3) is 10.1 Å². The standard InChI is InChI=1S/C15H18O2S/c1-4-17-14(10(2)3)13(16)12-7-5-6-11-8-9-18-15(11)12/h5-10,14H,4H2,1-3H3. The van der Waals surface area contributed by atoms with Crippen molar-refractivity contribution in [2.75, 3.05) is 6.61 Å². The van der Waals surface area contributed by atoms with Crippen LogP contribution in [0.4, 0.5) is 0 Å². The number of ketones is 1. The van der Waals surface area contributed by atoms with Gasteiger partial charge in [0.2, 0.25) is 0 Å². The van der Waals surface area contributed by atoms with Crippen molar-refractivity contribution in [1.82, 2.24) is 0 Å². The molecule has 1 aromatic carbocycles. The molecule has 0 bridgehead atoms. The molecular weight excluding hydrogens is 244 g/mol. The first kappa shape index (κ1) is 13.2. The molecule has 0 N–H and O–H groups in total. The molecule has 2 rings (SSSR count). The topological polar surface area (TPSA) is 26.3 Å². The Morgan fingerprint density at radius 3 is 2.78 bits per heavy atom. The molecule has 0 aliphatic heterocycles. The molecule has 1 atom stereocenters. The van der Waals surface area contributed by atoms with Gasteiger partial charge in [-0.15, -0.1) is 11.3 Å². The van der Waals surface area contributed by atoms with E-state index in [2.05, 4.69) is 0 Å². The van der Waals surface area contributed by atoms with Gasteiger partial charge in [0.1, 0.15) is 6.10 Å². The summed E-state index contributed by atoms with van der Waals surface area (Å²) in [6, 6.07) is 7.91. The highest BCUT2D eigenvalue weighted by atomic mass is 32.1. The molecule has 0 spiro atoms. The lowest BCUT2D eigenvalue weighted by Gasteiger charge is -2.19. The number of benzene rings is 1. The quantitative estimate of drug-likeness (QED) is 0.757. The van der Waals surface area contributed by atoms with E-state index in [1.807, 2.05) is 50.4 Å². The molecule has 0 fully saturated rings. The van der Waals surface area contributed by atoms with Gasteiger partial charge in [0.05, 0.1) is 0 Å². The zero-order valence-corrected chi connectivity index (χ0v) is 11.8. The van der Waals surface area contributed by atoms with E-state index in [4.69, 9.17) is 4.74 Å². The Balaban J connectivity index is 2.40. The Labute approximate surface area is 112 Å². The van der Waals surface area contributed by atoms with E-state index < -0.39 is 0 Å². The van der Waals surface area contributed by atoms with Crippen molar-refractivity contribution >= 4 is 27.2 Å². The number of ether oxygens (including phenoxy) is 1. The normalized spacial score (nSPS) is 13.1. The van der Waals surface area contributed by atoms with Crippen molar-refractivity contribution in [3.05, 3.63) is 35.2 Å². The summed E-state index contributed by atoms with van der Waals surface area (Å²) in [4.78, 5) is 12.6. The van der Waals surface area contributed by atoms with E-state index in [9.17, 15) is 4.79 Å². The molecule has 1 heterocycles. The SMILES string of the molecule is CCOC(C(=O)c1cccc2ccsc12)C(C)C. The third-order valence-electron chi connectivity index (χ3n) is 2.95. The minimum atomic E-state index is -0.345. The minimum Gasteiger partial charge on any atom is -0.370 e. The first-order chi connectivity index (χ1) is 8.65. The maximum atomic E-state index is 12.6. The van der Waals surface area contributed by atoms with Crippen LogP contribution in [-0.4, -0.2) is 18.5 Å². The van der Waals surface area contributed by atoms with Crippen LogP contribution in [0.3, 0.4) is 0 Å². The van der Waals surface area contributed by atoms with Crippen molar-refractivity contribution in [3.63, 3.8) is 0 Å². The zero-order valence-electron chi connectivity index (χ0n) is 11.0. The van der Waals surface area contributed by atoms with E-state index >= 15 is 0 Å². The van der Waals surface area contributed by atoms with Crippen LogP contribution in [-0.2, 0) is 4.74 Å². The fourth-order valence-corrected chi connectivity index (χ4v) is 3.01. The van der Waals surface area contributed by atoms with E-state index in [0.717, 1.165) is 15.6 Å². The molecule has 1 unspecified atom stereocenters. The first-order valence-electron chi connectivity index (χ1n) is 6.27. The average molecular weight is 262 g/mol. The number of carbonyl (C=O) groups excluding carboxylic acids is 1. The average Bonchev–Trinajstić information content (AvgIpc) is 2.82. The molecule has 0 radical (unpaired) electrons. The van der Waals surface area contributed by atoms with E-state index in [-0.39, 0.29) is 17.8 Å². The molecule has 1 aromatic heterocycles. The molecule has 3 heteroatoms. The predicted octanol–water partition coefficient (Wildman–Crippen LogP) is 4.15. The third kappa shape index (κ3) is 2.47. The van der Waals surface area contributed by atoms with Crippen molar-refractivity contribution in [1.29, 1.82) is 0 Å². The molecule has 0 saturated heterocycles. The van der Waals surface area contributed by atoms with Crippen LogP contribution < -0.4 is 0 Å². The molecule has 0 aliphatic rings. The second kappa shape index (κ2) is 5.63. The Kier molecular flexibility index (Phi) is 4.15. The van der Waals surface area contributed by atoms with Gasteiger partial charge in [-0.05, 0) is 35.7 Å². The molecule has 2 aromatic rings. The zero-order chi connectivity index (χ0) is 13.1. The molecule has 0 aliphatic carbocycles. The summed E-state index contributed by atoms with van der Waals surface area (Å²) in [7, 11) is 0. The number of carbonyl (C=O) groups is 1. The van der Waals surface area contributed by atoms with Crippen LogP contribution >= 0.6 is 11.3 Å². The lowest BCUT2D eigenvalue weighted by molar-refractivity contribution is 0.0281. The van der Waals surface area contributed by atoms with Gasteiger partial charge < -0.3 is 4.74 Å². The number of rotatable bonds is 5. The van der Waals surface area contributed by atoms with Gasteiger partial charge in [-0.2, -0.15) is 0 Å². The van der Waals surface area contributed by atoms with E-state index in [0.29, 0.717) is 6.61 Å². The van der Waals surface area contributed by atoms with Crippen LogP contribution in [0.15, 0.2) is 29.6 Å². The predicted molar refractivity (Wildman–Crippen MR) is 76.4 cm³/mol. The van der Waals surface area contributed by atoms with Crippen LogP contribution in [0, 0.1) is 5.92 Å². The Morgan fingerprint density at radius 1 is 1.33 bits per heavy atom. The summed E-state index contributed by atoms with van der Waals surface area (Å²) in [5.41, 5.74) is 0.787. The van der Waals surface area contributed by atoms with Crippen LogP contribution in [0.2, 0.25) is 0 Å². The molecular formula is C15H18O2S. The first-order valence-corrected chi connectivity index (χ1v) is 7.15. The van der Waals surface area contributed by atoms with Crippen LogP contribution in [0.5, 0.6) is 0 Å². The van der Waals surface area contributed by atoms with Crippen molar-refractivity contribution in [2.45, 2.75) is 26.9 Å². The van der Waals surface area contributed by atoms with Gasteiger partial charge in [-0.1, -0.05) is 26.0 Å².